The molecule has 0 radical (unpaired) electrons. The molecule has 1 aromatic rings. The van der Waals surface area contributed by atoms with Gasteiger partial charge in [0.15, 0.2) is 9.84 Å². The number of nitrogens with zero attached hydrogens (tertiary/aromatic N) is 4. The minimum atomic E-state index is -3.26. The van der Waals surface area contributed by atoms with Gasteiger partial charge in [-0.05, 0) is 0 Å². The van der Waals surface area contributed by atoms with E-state index < -0.39 is 21.9 Å². The number of amides is 2. The fourth-order valence-corrected chi connectivity index (χ4v) is 5.73. The zero-order chi connectivity index (χ0) is 18.2. The smallest absolute Gasteiger partial charge is 0.224 e. The van der Waals surface area contributed by atoms with E-state index in [4.69, 9.17) is 11.6 Å². The van der Waals surface area contributed by atoms with Crippen LogP contribution in [0.4, 0.5) is 0 Å². The van der Waals surface area contributed by atoms with Crippen LogP contribution in [-0.4, -0.2) is 76.5 Å². The second-order valence-corrected chi connectivity index (χ2v) is 9.00. The van der Waals surface area contributed by atoms with E-state index in [2.05, 4.69) is 5.10 Å². The Hall–Kier alpha value is -1.61. The van der Waals surface area contributed by atoms with Gasteiger partial charge in [-0.25, -0.2) is 8.42 Å². The van der Waals surface area contributed by atoms with Crippen molar-refractivity contribution in [1.82, 2.24) is 19.6 Å². The van der Waals surface area contributed by atoms with Crippen LogP contribution in [0.1, 0.15) is 19.8 Å². The molecule has 1 aromatic heterocycles. The summed E-state index contributed by atoms with van der Waals surface area (Å²) in [5.74, 6) is -0.334. The number of carbonyl (C=O) groups excluding carboxylic acids is 2. The molecule has 0 unspecified atom stereocenters. The molecule has 0 saturated carbocycles. The van der Waals surface area contributed by atoms with Crippen LogP contribution in [0.2, 0.25) is 5.02 Å². The number of hydrogen-bond acceptors (Lipinski definition) is 5. The summed E-state index contributed by atoms with van der Waals surface area (Å²) in [6.07, 6.45) is 3.68. The first-order valence-corrected chi connectivity index (χ1v) is 10.5. The SMILES string of the molecule is CCC(=O)N1CCN(C(=O)CCn2cc(Cl)cn2)[C@H]2CS(=O)(=O)C[C@H]21. The van der Waals surface area contributed by atoms with Crippen molar-refractivity contribution in [1.29, 1.82) is 0 Å². The van der Waals surface area contributed by atoms with Gasteiger partial charge in [-0.15, -0.1) is 0 Å². The van der Waals surface area contributed by atoms with Crippen molar-refractivity contribution < 1.29 is 18.0 Å². The van der Waals surface area contributed by atoms with Crippen LogP contribution in [0.25, 0.3) is 0 Å². The topological polar surface area (TPSA) is 92.6 Å². The Morgan fingerprint density at radius 3 is 2.32 bits per heavy atom. The molecule has 2 amide bonds. The van der Waals surface area contributed by atoms with E-state index in [1.165, 1.54) is 6.20 Å². The Bertz CT molecular complexity index is 778. The Labute approximate surface area is 151 Å². The molecule has 0 aliphatic carbocycles. The van der Waals surface area contributed by atoms with Gasteiger partial charge in [-0.1, -0.05) is 18.5 Å². The van der Waals surface area contributed by atoms with Crippen LogP contribution in [0, 0.1) is 0 Å². The lowest BCUT2D eigenvalue weighted by atomic mass is 10.0. The third-order valence-corrected chi connectivity index (χ3v) is 6.67. The quantitative estimate of drug-likeness (QED) is 0.733. The van der Waals surface area contributed by atoms with E-state index in [1.54, 1.807) is 27.6 Å². The standard InChI is InChI=1S/C15H21ClN4O4S/c1-2-14(21)19-5-6-20(13-10-25(23,24)9-12(13)19)15(22)3-4-18-8-11(16)7-17-18/h7-8,12-13H,2-6,9-10H2,1H3/t12-,13+/m1/s1. The summed E-state index contributed by atoms with van der Waals surface area (Å²) in [4.78, 5) is 28.0. The van der Waals surface area contributed by atoms with E-state index in [0.717, 1.165) is 0 Å². The van der Waals surface area contributed by atoms with Gasteiger partial charge in [-0.3, -0.25) is 14.3 Å². The summed E-state index contributed by atoms with van der Waals surface area (Å²) in [5, 5.41) is 4.53. The maximum Gasteiger partial charge on any atom is 0.224 e. The average Bonchev–Trinajstić information content (AvgIpc) is 3.12. The van der Waals surface area contributed by atoms with Crippen molar-refractivity contribution in [2.75, 3.05) is 24.6 Å². The zero-order valence-corrected chi connectivity index (χ0v) is 15.5. The molecule has 0 bridgehead atoms. The molecule has 2 aliphatic rings. The number of aryl methyl sites for hydroxylation is 1. The van der Waals surface area contributed by atoms with Gasteiger partial charge in [0.2, 0.25) is 11.8 Å². The number of sulfone groups is 1. The second kappa shape index (κ2) is 6.95. The Kier molecular flexibility index (Phi) is 5.06. The third-order valence-electron chi connectivity index (χ3n) is 4.78. The Morgan fingerprint density at radius 1 is 1.20 bits per heavy atom. The maximum absolute atomic E-state index is 12.6. The van der Waals surface area contributed by atoms with Gasteiger partial charge in [0.1, 0.15) is 0 Å². The molecule has 10 heteroatoms. The highest BCUT2D eigenvalue weighted by Crippen LogP contribution is 2.28. The monoisotopic (exact) mass is 388 g/mol. The molecule has 0 aromatic carbocycles. The first kappa shape index (κ1) is 18.2. The van der Waals surface area contributed by atoms with Crippen molar-refractivity contribution in [3.63, 3.8) is 0 Å². The summed E-state index contributed by atoms with van der Waals surface area (Å²) in [5.41, 5.74) is 0. The molecule has 0 spiro atoms. The highest BCUT2D eigenvalue weighted by Gasteiger charge is 2.48. The summed E-state index contributed by atoms with van der Waals surface area (Å²) in [6.45, 7) is 2.88. The average molecular weight is 389 g/mol. The minimum Gasteiger partial charge on any atom is -0.335 e. The number of carbonyl (C=O) groups is 2. The summed E-state index contributed by atoms with van der Waals surface area (Å²) >= 11 is 5.81. The van der Waals surface area contributed by atoms with E-state index in [-0.39, 0.29) is 29.7 Å². The van der Waals surface area contributed by atoms with Gasteiger partial charge >= 0.3 is 0 Å². The molecule has 2 fully saturated rings. The van der Waals surface area contributed by atoms with Gasteiger partial charge in [-0.2, -0.15) is 5.10 Å². The van der Waals surface area contributed by atoms with Crippen LogP contribution >= 0.6 is 11.6 Å². The molecule has 0 N–H and O–H groups in total. The van der Waals surface area contributed by atoms with Crippen LogP contribution in [-0.2, 0) is 26.0 Å². The lowest BCUT2D eigenvalue weighted by Gasteiger charge is -2.44. The Balaban J connectivity index is 1.71. The predicted octanol–water partition coefficient (Wildman–Crippen LogP) is 0.173. The zero-order valence-electron chi connectivity index (χ0n) is 14.0. The first-order valence-electron chi connectivity index (χ1n) is 8.28. The molecular weight excluding hydrogens is 368 g/mol. The summed E-state index contributed by atoms with van der Waals surface area (Å²) in [7, 11) is -3.26. The fraction of sp³-hybridized carbons (Fsp3) is 0.667. The number of hydrogen-bond donors (Lipinski definition) is 0. The molecule has 138 valence electrons. The predicted molar refractivity (Wildman–Crippen MR) is 91.8 cm³/mol. The van der Waals surface area contributed by atoms with Crippen LogP contribution in [0.5, 0.6) is 0 Å². The Morgan fingerprint density at radius 2 is 1.80 bits per heavy atom. The molecule has 3 rings (SSSR count). The summed E-state index contributed by atoms with van der Waals surface area (Å²) < 4.78 is 25.8. The van der Waals surface area contributed by atoms with Crippen LogP contribution < -0.4 is 0 Å². The van der Waals surface area contributed by atoms with E-state index in [9.17, 15) is 18.0 Å². The highest BCUT2D eigenvalue weighted by atomic mass is 35.5. The number of rotatable bonds is 4. The first-order chi connectivity index (χ1) is 11.8. The number of fused-ring (bicyclic) bond motifs is 1. The van der Waals surface area contributed by atoms with Gasteiger partial charge in [0, 0.05) is 38.7 Å². The molecule has 3 heterocycles. The van der Waals surface area contributed by atoms with Gasteiger partial charge in [0.25, 0.3) is 0 Å². The molecule has 25 heavy (non-hydrogen) atoms. The van der Waals surface area contributed by atoms with E-state index >= 15 is 0 Å². The van der Waals surface area contributed by atoms with Gasteiger partial charge < -0.3 is 9.80 Å². The van der Waals surface area contributed by atoms with Crippen LogP contribution in [0.3, 0.4) is 0 Å². The normalized spacial score (nSPS) is 25.0. The summed E-state index contributed by atoms with van der Waals surface area (Å²) in [6, 6.07) is -0.891. The van der Waals surface area contributed by atoms with Crippen molar-refractivity contribution in [2.45, 2.75) is 38.4 Å². The molecular formula is C15H21ClN4O4S. The highest BCUT2D eigenvalue weighted by molar-refractivity contribution is 7.91. The number of piperazine rings is 1. The minimum absolute atomic E-state index is 0.0645. The van der Waals surface area contributed by atoms with E-state index in [0.29, 0.717) is 31.1 Å². The van der Waals surface area contributed by atoms with Gasteiger partial charge in [0.05, 0.1) is 34.8 Å². The lowest BCUT2D eigenvalue weighted by Crippen LogP contribution is -2.61. The second-order valence-electron chi connectivity index (χ2n) is 6.41. The molecule has 2 atom stereocenters. The number of aromatic nitrogens is 2. The molecule has 2 saturated heterocycles. The van der Waals surface area contributed by atoms with Crippen molar-refractivity contribution in [3.05, 3.63) is 17.4 Å². The number of halogens is 1. The van der Waals surface area contributed by atoms with Crippen molar-refractivity contribution in [3.8, 4) is 0 Å². The lowest BCUT2D eigenvalue weighted by molar-refractivity contribution is -0.145. The van der Waals surface area contributed by atoms with E-state index in [1.807, 2.05) is 0 Å². The third kappa shape index (κ3) is 3.82. The van der Waals surface area contributed by atoms with Crippen molar-refractivity contribution in [2.24, 2.45) is 0 Å². The largest absolute Gasteiger partial charge is 0.335 e. The fourth-order valence-electron chi connectivity index (χ4n) is 3.59. The molecule has 2 aliphatic heterocycles. The van der Waals surface area contributed by atoms with Crippen molar-refractivity contribution >= 4 is 33.3 Å². The maximum atomic E-state index is 12.6. The van der Waals surface area contributed by atoms with Crippen LogP contribution in [0.15, 0.2) is 12.4 Å². The molecule has 8 nitrogen and oxygen atoms in total.